The zero-order chi connectivity index (χ0) is 26.6. The molecule has 3 aliphatic carbocycles. The number of esters is 1. The lowest BCUT2D eigenvalue weighted by molar-refractivity contribution is -0.0227. The molecule has 0 bridgehead atoms. The number of aliphatic hydroxyl groups excluding tert-OH is 1. The molecule has 0 heterocycles. The molecule has 0 aliphatic heterocycles. The molecule has 2 fully saturated rings. The summed E-state index contributed by atoms with van der Waals surface area (Å²) in [6.07, 6.45) is 5.43. The molecule has 6 nitrogen and oxygen atoms in total. The molecule has 0 saturated heterocycles. The number of ether oxygens (including phenoxy) is 1. The van der Waals surface area contributed by atoms with E-state index in [0.717, 1.165) is 60.8 Å². The molecule has 0 aromatic heterocycles. The van der Waals surface area contributed by atoms with Crippen LogP contribution in [0.2, 0.25) is 0 Å². The number of aliphatic hydroxyl groups is 1. The Morgan fingerprint density at radius 1 is 0.921 bits per heavy atom. The van der Waals surface area contributed by atoms with Gasteiger partial charge in [-0.15, -0.1) is 0 Å². The fraction of sp³-hybridized carbons (Fsp3) is 0.375. The third kappa shape index (κ3) is 3.99. The third-order valence-corrected chi connectivity index (χ3v) is 9.56. The van der Waals surface area contributed by atoms with Gasteiger partial charge in [0.15, 0.2) is 11.5 Å². The van der Waals surface area contributed by atoms with Crippen molar-refractivity contribution in [3.8, 4) is 22.6 Å². The number of aromatic carboxylic acids is 1. The number of phenolic OH excluding ortho intramolecular Hbond substituents is 1. The van der Waals surface area contributed by atoms with Crippen molar-refractivity contribution in [1.82, 2.24) is 0 Å². The fourth-order valence-corrected chi connectivity index (χ4v) is 7.47. The zero-order valence-electron chi connectivity index (χ0n) is 21.4. The van der Waals surface area contributed by atoms with E-state index in [1.807, 2.05) is 12.1 Å². The molecule has 3 aromatic carbocycles. The molecule has 3 aromatic rings. The molecule has 0 unspecified atom stereocenters. The third-order valence-electron chi connectivity index (χ3n) is 9.56. The number of carbonyl (C=O) groups is 2. The highest BCUT2D eigenvalue weighted by molar-refractivity contribution is 5.93. The molecule has 0 spiro atoms. The smallest absolute Gasteiger partial charge is 0.343 e. The number of carboxylic acids is 1. The average molecular weight is 513 g/mol. The van der Waals surface area contributed by atoms with E-state index in [1.165, 1.54) is 12.1 Å². The minimum absolute atomic E-state index is 0.00300. The van der Waals surface area contributed by atoms with Gasteiger partial charge in [0.25, 0.3) is 0 Å². The maximum Gasteiger partial charge on any atom is 0.343 e. The van der Waals surface area contributed by atoms with Gasteiger partial charge in [-0.25, -0.2) is 9.59 Å². The largest absolute Gasteiger partial charge is 0.504 e. The lowest BCUT2D eigenvalue weighted by Crippen LogP contribution is -2.43. The van der Waals surface area contributed by atoms with Crippen molar-refractivity contribution in [2.45, 2.75) is 57.5 Å². The van der Waals surface area contributed by atoms with Crippen molar-refractivity contribution in [3.63, 3.8) is 0 Å². The Hall–Kier alpha value is -3.64. The second-order valence-corrected chi connectivity index (χ2v) is 11.4. The maximum absolute atomic E-state index is 13.0. The van der Waals surface area contributed by atoms with E-state index in [1.54, 1.807) is 36.4 Å². The molecule has 0 amide bonds. The summed E-state index contributed by atoms with van der Waals surface area (Å²) in [6, 6.07) is 17.1. The highest BCUT2D eigenvalue weighted by atomic mass is 16.5. The van der Waals surface area contributed by atoms with Crippen LogP contribution in [0.5, 0.6) is 11.5 Å². The Labute approximate surface area is 221 Å². The Kier molecular flexibility index (Phi) is 6.03. The van der Waals surface area contributed by atoms with Crippen LogP contribution in [-0.2, 0) is 6.42 Å². The summed E-state index contributed by atoms with van der Waals surface area (Å²) < 4.78 is 5.67. The van der Waals surface area contributed by atoms with Gasteiger partial charge in [0.1, 0.15) is 0 Å². The van der Waals surface area contributed by atoms with Gasteiger partial charge in [-0.1, -0.05) is 37.3 Å². The van der Waals surface area contributed by atoms with E-state index in [-0.39, 0.29) is 28.6 Å². The Balaban J connectivity index is 1.22. The van der Waals surface area contributed by atoms with Crippen LogP contribution in [0, 0.1) is 17.3 Å². The van der Waals surface area contributed by atoms with E-state index in [0.29, 0.717) is 23.3 Å². The molecule has 2 saturated carbocycles. The van der Waals surface area contributed by atoms with Gasteiger partial charge in [0.05, 0.1) is 17.2 Å². The van der Waals surface area contributed by atoms with Crippen molar-refractivity contribution < 1.29 is 29.6 Å². The first-order valence-corrected chi connectivity index (χ1v) is 13.4. The Morgan fingerprint density at radius 3 is 2.47 bits per heavy atom. The summed E-state index contributed by atoms with van der Waals surface area (Å²) in [5.74, 6) is 0.0480. The fourth-order valence-electron chi connectivity index (χ4n) is 7.47. The molecule has 6 rings (SSSR count). The van der Waals surface area contributed by atoms with Crippen molar-refractivity contribution in [2.75, 3.05) is 0 Å². The van der Waals surface area contributed by atoms with Crippen molar-refractivity contribution in [3.05, 3.63) is 82.9 Å². The first-order valence-electron chi connectivity index (χ1n) is 13.4. The van der Waals surface area contributed by atoms with Crippen molar-refractivity contribution in [2.24, 2.45) is 17.3 Å². The van der Waals surface area contributed by atoms with Crippen LogP contribution in [0.15, 0.2) is 60.7 Å². The predicted octanol–water partition coefficient (Wildman–Crippen LogP) is 6.19. The van der Waals surface area contributed by atoms with Gasteiger partial charge < -0.3 is 20.1 Å². The summed E-state index contributed by atoms with van der Waals surface area (Å²) in [6.45, 7) is 2.25. The quantitative estimate of drug-likeness (QED) is 0.284. The summed E-state index contributed by atoms with van der Waals surface area (Å²) in [5.41, 5.74) is 4.13. The van der Waals surface area contributed by atoms with E-state index in [4.69, 9.17) is 9.84 Å². The van der Waals surface area contributed by atoms with Gasteiger partial charge in [-0.3, -0.25) is 0 Å². The number of aromatic hydroxyl groups is 1. The predicted molar refractivity (Wildman–Crippen MR) is 143 cm³/mol. The molecule has 196 valence electrons. The Morgan fingerprint density at radius 2 is 1.71 bits per heavy atom. The van der Waals surface area contributed by atoms with Crippen molar-refractivity contribution in [1.29, 1.82) is 0 Å². The van der Waals surface area contributed by atoms with Crippen molar-refractivity contribution >= 4 is 11.9 Å². The number of benzene rings is 3. The lowest BCUT2D eigenvalue weighted by atomic mass is 9.55. The molecule has 3 N–H and O–H groups in total. The van der Waals surface area contributed by atoms with Crippen LogP contribution < -0.4 is 4.74 Å². The van der Waals surface area contributed by atoms with Crippen LogP contribution in [0.1, 0.15) is 76.8 Å². The van der Waals surface area contributed by atoms with Gasteiger partial charge >= 0.3 is 11.9 Å². The summed E-state index contributed by atoms with van der Waals surface area (Å²) >= 11 is 0. The molecule has 0 radical (unpaired) electrons. The van der Waals surface area contributed by atoms with Gasteiger partial charge in [-0.05, 0) is 109 Å². The number of hydrogen-bond acceptors (Lipinski definition) is 5. The summed E-state index contributed by atoms with van der Waals surface area (Å²) in [4.78, 5) is 24.2. The number of phenols is 1. The molecule has 38 heavy (non-hydrogen) atoms. The second-order valence-electron chi connectivity index (χ2n) is 11.4. The van der Waals surface area contributed by atoms with E-state index < -0.39 is 11.9 Å². The number of carboxylic acid groups (broad SMARTS) is 1. The van der Waals surface area contributed by atoms with Gasteiger partial charge in [0.2, 0.25) is 0 Å². The standard InChI is InChI=1S/C32H32O6/c1-32-16-15-23-22-11-13-27(29(34)25(22)10-9-24(23)26(32)12-14-28(32)33)38-31(37)21-4-2-3-20(17-21)18-5-7-19(8-6-18)30(35)36/h2-8,11,13,17,23-24,26,28,33-34H,9-10,12,14-16H2,1H3,(H,35,36)/t23-,24-,26+,28+,32+/m1/s1. The topological polar surface area (TPSA) is 104 Å². The summed E-state index contributed by atoms with van der Waals surface area (Å²) in [5, 5.41) is 30.9. The first kappa shape index (κ1) is 24.7. The first-order chi connectivity index (χ1) is 18.3. The van der Waals surface area contributed by atoms with E-state index >= 15 is 0 Å². The SMILES string of the molecule is C[C@]12CC[C@@H]3c4ccc(OC(=O)c5cccc(-c6ccc(C(=O)O)cc6)c5)c(O)c4CC[C@H]3[C@@H]1CC[C@@H]2O. The summed E-state index contributed by atoms with van der Waals surface area (Å²) in [7, 11) is 0. The normalized spacial score (nSPS) is 27.6. The number of fused-ring (bicyclic) bond motifs is 5. The van der Waals surface area contributed by atoms with Crippen LogP contribution in [0.3, 0.4) is 0 Å². The minimum atomic E-state index is -0.992. The molecule has 3 aliphatic rings. The molecular formula is C32H32O6. The highest BCUT2D eigenvalue weighted by Crippen LogP contribution is 2.61. The van der Waals surface area contributed by atoms with Gasteiger partial charge in [-0.2, -0.15) is 0 Å². The molecule has 5 atom stereocenters. The average Bonchev–Trinajstić information content (AvgIpc) is 3.24. The number of carbonyl (C=O) groups excluding carboxylic acids is 1. The lowest BCUT2D eigenvalue weighted by Gasteiger charge is -2.50. The van der Waals surface area contributed by atoms with Crippen LogP contribution in [0.25, 0.3) is 11.1 Å². The van der Waals surface area contributed by atoms with E-state index in [9.17, 15) is 19.8 Å². The van der Waals surface area contributed by atoms with Crippen LogP contribution in [0.4, 0.5) is 0 Å². The zero-order valence-corrected chi connectivity index (χ0v) is 21.4. The minimum Gasteiger partial charge on any atom is -0.504 e. The van der Waals surface area contributed by atoms with Gasteiger partial charge in [0, 0.05) is 5.56 Å². The monoisotopic (exact) mass is 512 g/mol. The second kappa shape index (κ2) is 9.28. The number of rotatable bonds is 4. The van der Waals surface area contributed by atoms with E-state index in [2.05, 4.69) is 6.92 Å². The highest BCUT2D eigenvalue weighted by Gasteiger charge is 2.54. The molecule has 6 heteroatoms. The van der Waals surface area contributed by atoms with Crippen LogP contribution >= 0.6 is 0 Å². The Bertz CT molecular complexity index is 1410. The number of hydrogen-bond donors (Lipinski definition) is 3. The molecular weight excluding hydrogens is 480 g/mol. The maximum atomic E-state index is 13.0. The van der Waals surface area contributed by atoms with Crippen LogP contribution in [-0.4, -0.2) is 33.4 Å².